The lowest BCUT2D eigenvalue weighted by Gasteiger charge is -2.16. The van der Waals surface area contributed by atoms with E-state index < -0.39 is 0 Å². The molecule has 0 aliphatic carbocycles. The molecule has 1 aromatic heterocycles. The first kappa shape index (κ1) is 11.1. The van der Waals surface area contributed by atoms with Crippen LogP contribution in [-0.2, 0) is 0 Å². The van der Waals surface area contributed by atoms with Crippen LogP contribution in [0.25, 0.3) is 11.0 Å². The van der Waals surface area contributed by atoms with Crippen LogP contribution in [0.3, 0.4) is 0 Å². The van der Waals surface area contributed by atoms with Crippen molar-refractivity contribution in [3.8, 4) is 0 Å². The van der Waals surface area contributed by atoms with Gasteiger partial charge < -0.3 is 16.5 Å². The average Bonchev–Trinajstić information content (AvgIpc) is 2.75. The number of aromatic amines is 1. The fourth-order valence-corrected chi connectivity index (χ4v) is 1.85. The standard InChI is InChI=1S/C12H18N4/c1-8(6-13)4-10(14)9-2-3-11-12(5-9)16-7-15-11/h2-3,5,7-8,10H,4,6,13-14H2,1H3,(H,15,16). The third-order valence-corrected chi connectivity index (χ3v) is 2.93. The van der Waals surface area contributed by atoms with Crippen LogP contribution in [0.1, 0.15) is 24.9 Å². The van der Waals surface area contributed by atoms with Crippen LogP contribution in [0.2, 0.25) is 0 Å². The van der Waals surface area contributed by atoms with E-state index in [1.807, 2.05) is 12.1 Å². The van der Waals surface area contributed by atoms with Crippen molar-refractivity contribution >= 4 is 11.0 Å². The van der Waals surface area contributed by atoms with Crippen LogP contribution in [0.4, 0.5) is 0 Å². The number of hydrogen-bond acceptors (Lipinski definition) is 3. The highest BCUT2D eigenvalue weighted by molar-refractivity contribution is 5.75. The minimum Gasteiger partial charge on any atom is -0.345 e. The van der Waals surface area contributed by atoms with Gasteiger partial charge in [0.25, 0.3) is 0 Å². The zero-order chi connectivity index (χ0) is 11.5. The van der Waals surface area contributed by atoms with Gasteiger partial charge in [-0.25, -0.2) is 4.98 Å². The van der Waals surface area contributed by atoms with E-state index in [2.05, 4.69) is 23.0 Å². The van der Waals surface area contributed by atoms with E-state index in [1.54, 1.807) is 6.33 Å². The van der Waals surface area contributed by atoms with Crippen molar-refractivity contribution in [1.82, 2.24) is 9.97 Å². The zero-order valence-electron chi connectivity index (χ0n) is 9.48. The van der Waals surface area contributed by atoms with Gasteiger partial charge in [-0.3, -0.25) is 0 Å². The van der Waals surface area contributed by atoms with Crippen LogP contribution >= 0.6 is 0 Å². The summed E-state index contributed by atoms with van der Waals surface area (Å²) in [6, 6.07) is 6.15. The van der Waals surface area contributed by atoms with E-state index in [0.717, 1.165) is 23.0 Å². The predicted molar refractivity (Wildman–Crippen MR) is 65.9 cm³/mol. The lowest BCUT2D eigenvalue weighted by atomic mass is 9.96. The average molecular weight is 218 g/mol. The molecule has 0 radical (unpaired) electrons. The Hall–Kier alpha value is -1.39. The number of fused-ring (bicyclic) bond motifs is 1. The maximum absolute atomic E-state index is 6.14. The lowest BCUT2D eigenvalue weighted by Crippen LogP contribution is -2.19. The number of H-pyrrole nitrogens is 1. The number of nitrogens with two attached hydrogens (primary N) is 2. The third kappa shape index (κ3) is 2.23. The highest BCUT2D eigenvalue weighted by Crippen LogP contribution is 2.21. The minimum atomic E-state index is 0.0475. The van der Waals surface area contributed by atoms with Crippen molar-refractivity contribution in [2.45, 2.75) is 19.4 Å². The van der Waals surface area contributed by atoms with Gasteiger partial charge >= 0.3 is 0 Å². The fraction of sp³-hybridized carbons (Fsp3) is 0.417. The molecule has 16 heavy (non-hydrogen) atoms. The fourth-order valence-electron chi connectivity index (χ4n) is 1.85. The van der Waals surface area contributed by atoms with E-state index in [4.69, 9.17) is 11.5 Å². The Balaban J connectivity index is 2.18. The largest absolute Gasteiger partial charge is 0.345 e. The summed E-state index contributed by atoms with van der Waals surface area (Å²) in [6.07, 6.45) is 2.61. The van der Waals surface area contributed by atoms with Crippen molar-refractivity contribution in [3.05, 3.63) is 30.1 Å². The molecule has 4 nitrogen and oxygen atoms in total. The molecule has 2 rings (SSSR count). The number of nitrogens with zero attached hydrogens (tertiary/aromatic N) is 1. The van der Waals surface area contributed by atoms with E-state index >= 15 is 0 Å². The highest BCUT2D eigenvalue weighted by Gasteiger charge is 2.10. The number of hydrogen-bond donors (Lipinski definition) is 3. The molecule has 4 heteroatoms. The first-order chi connectivity index (χ1) is 7.70. The Morgan fingerprint density at radius 2 is 2.25 bits per heavy atom. The first-order valence-corrected chi connectivity index (χ1v) is 5.59. The Bertz CT molecular complexity index is 463. The number of benzene rings is 1. The summed E-state index contributed by atoms with van der Waals surface area (Å²) < 4.78 is 0. The second-order valence-corrected chi connectivity index (χ2v) is 4.36. The second-order valence-electron chi connectivity index (χ2n) is 4.36. The van der Waals surface area contributed by atoms with Crippen molar-refractivity contribution in [1.29, 1.82) is 0 Å². The summed E-state index contributed by atoms with van der Waals surface area (Å²) in [5, 5.41) is 0. The molecule has 0 aliphatic heterocycles. The van der Waals surface area contributed by atoms with Crippen molar-refractivity contribution in [2.75, 3.05) is 6.54 Å². The van der Waals surface area contributed by atoms with Crippen molar-refractivity contribution in [2.24, 2.45) is 17.4 Å². The van der Waals surface area contributed by atoms with Gasteiger partial charge in [-0.05, 0) is 36.6 Å². The highest BCUT2D eigenvalue weighted by atomic mass is 14.9. The van der Waals surface area contributed by atoms with Crippen LogP contribution in [0.15, 0.2) is 24.5 Å². The van der Waals surface area contributed by atoms with Gasteiger partial charge in [-0.15, -0.1) is 0 Å². The molecule has 0 saturated carbocycles. The summed E-state index contributed by atoms with van der Waals surface area (Å²) in [5.41, 5.74) is 14.9. The predicted octanol–water partition coefficient (Wildman–Crippen LogP) is 1.55. The first-order valence-electron chi connectivity index (χ1n) is 5.59. The maximum Gasteiger partial charge on any atom is 0.0931 e. The maximum atomic E-state index is 6.14. The molecule has 5 N–H and O–H groups in total. The van der Waals surface area contributed by atoms with Crippen LogP contribution in [0, 0.1) is 5.92 Å². The Labute approximate surface area is 95.0 Å². The number of rotatable bonds is 4. The molecule has 0 spiro atoms. The molecule has 86 valence electrons. The Kier molecular flexibility index (Phi) is 3.22. The van der Waals surface area contributed by atoms with Gasteiger partial charge in [0.05, 0.1) is 17.4 Å². The van der Waals surface area contributed by atoms with E-state index in [-0.39, 0.29) is 6.04 Å². The minimum absolute atomic E-state index is 0.0475. The third-order valence-electron chi connectivity index (χ3n) is 2.93. The van der Waals surface area contributed by atoms with Gasteiger partial charge in [-0.1, -0.05) is 13.0 Å². The molecule has 2 unspecified atom stereocenters. The molecule has 0 bridgehead atoms. The molecular formula is C12H18N4. The topological polar surface area (TPSA) is 80.7 Å². The van der Waals surface area contributed by atoms with Crippen LogP contribution in [-0.4, -0.2) is 16.5 Å². The molecule has 1 aromatic carbocycles. The molecule has 0 aliphatic rings. The SMILES string of the molecule is CC(CN)CC(N)c1ccc2nc[nH]c2c1. The van der Waals surface area contributed by atoms with Gasteiger partial charge in [0.2, 0.25) is 0 Å². The summed E-state index contributed by atoms with van der Waals surface area (Å²) in [4.78, 5) is 7.27. The van der Waals surface area contributed by atoms with Gasteiger partial charge in [0.1, 0.15) is 0 Å². The van der Waals surface area contributed by atoms with Gasteiger partial charge in [-0.2, -0.15) is 0 Å². The van der Waals surface area contributed by atoms with Crippen molar-refractivity contribution in [3.63, 3.8) is 0 Å². The molecule has 0 saturated heterocycles. The Morgan fingerprint density at radius 3 is 3.00 bits per heavy atom. The number of imidazole rings is 1. The van der Waals surface area contributed by atoms with Gasteiger partial charge in [0.15, 0.2) is 0 Å². The van der Waals surface area contributed by atoms with Crippen molar-refractivity contribution < 1.29 is 0 Å². The van der Waals surface area contributed by atoms with Crippen LogP contribution in [0.5, 0.6) is 0 Å². The lowest BCUT2D eigenvalue weighted by molar-refractivity contribution is 0.482. The van der Waals surface area contributed by atoms with E-state index in [9.17, 15) is 0 Å². The summed E-state index contributed by atoms with van der Waals surface area (Å²) >= 11 is 0. The number of nitrogens with one attached hydrogen (secondary N) is 1. The summed E-state index contributed by atoms with van der Waals surface area (Å²) in [6.45, 7) is 2.80. The summed E-state index contributed by atoms with van der Waals surface area (Å²) in [5.74, 6) is 0.451. The Morgan fingerprint density at radius 1 is 1.44 bits per heavy atom. The van der Waals surface area contributed by atoms with Gasteiger partial charge in [0, 0.05) is 6.04 Å². The molecule has 2 aromatic rings. The second kappa shape index (κ2) is 4.63. The summed E-state index contributed by atoms with van der Waals surface area (Å²) in [7, 11) is 0. The quantitative estimate of drug-likeness (QED) is 0.728. The molecule has 2 atom stereocenters. The molecule has 0 amide bonds. The van der Waals surface area contributed by atoms with E-state index in [0.29, 0.717) is 12.5 Å². The smallest absolute Gasteiger partial charge is 0.0931 e. The number of aromatic nitrogens is 2. The zero-order valence-corrected chi connectivity index (χ0v) is 9.48. The monoisotopic (exact) mass is 218 g/mol. The normalized spacial score (nSPS) is 15.2. The van der Waals surface area contributed by atoms with E-state index in [1.165, 1.54) is 0 Å². The molecule has 0 fully saturated rings. The molecular weight excluding hydrogens is 200 g/mol. The molecule has 1 heterocycles. The van der Waals surface area contributed by atoms with Crippen LogP contribution < -0.4 is 11.5 Å².